The van der Waals surface area contributed by atoms with Crippen LogP contribution in [0, 0.1) is 0 Å². The van der Waals surface area contributed by atoms with Crippen LogP contribution in [0.1, 0.15) is 48.7 Å². The third-order valence-corrected chi connectivity index (χ3v) is 4.79. The Labute approximate surface area is 131 Å². The van der Waals surface area contributed by atoms with Gasteiger partial charge in [-0.1, -0.05) is 20.8 Å². The average molecular weight is 307 g/mol. The van der Waals surface area contributed by atoms with Crippen LogP contribution in [0.15, 0.2) is 18.3 Å². The first-order chi connectivity index (χ1) is 10.2. The maximum absolute atomic E-state index is 5.54. The Morgan fingerprint density at radius 3 is 2.71 bits per heavy atom. The number of hydrogen-bond donors (Lipinski definition) is 1. The number of nitrogens with one attached hydrogen (secondary N) is 1. The van der Waals surface area contributed by atoms with Crippen LogP contribution in [-0.4, -0.2) is 23.4 Å². The van der Waals surface area contributed by atoms with Crippen molar-refractivity contribution in [2.24, 2.45) is 0 Å². The fraction of sp³-hybridized carbons (Fsp3) is 0.562. The largest absolute Gasteiger partial charge is 0.493 e. The van der Waals surface area contributed by atoms with Crippen LogP contribution in [0.2, 0.25) is 0 Å². The van der Waals surface area contributed by atoms with Gasteiger partial charge in [-0.2, -0.15) is 5.10 Å². The molecular weight excluding hydrogens is 282 g/mol. The molecular formula is C16H25N3OS. The lowest BCUT2D eigenvalue weighted by molar-refractivity contribution is 0.399. The summed E-state index contributed by atoms with van der Waals surface area (Å²) in [6.45, 7) is 8.31. The van der Waals surface area contributed by atoms with Crippen molar-refractivity contribution in [2.75, 3.05) is 13.7 Å². The molecule has 0 aromatic carbocycles. The molecule has 4 nitrogen and oxygen atoms in total. The molecule has 0 spiro atoms. The predicted molar refractivity (Wildman–Crippen MR) is 88.3 cm³/mol. The van der Waals surface area contributed by atoms with E-state index in [1.807, 2.05) is 17.5 Å². The Morgan fingerprint density at radius 1 is 1.33 bits per heavy atom. The molecule has 0 aliphatic heterocycles. The zero-order chi connectivity index (χ0) is 15.2. The molecule has 21 heavy (non-hydrogen) atoms. The summed E-state index contributed by atoms with van der Waals surface area (Å²) >= 11 is 1.87. The molecule has 0 saturated heterocycles. The van der Waals surface area contributed by atoms with E-state index < -0.39 is 0 Å². The Bertz CT molecular complexity index is 562. The summed E-state index contributed by atoms with van der Waals surface area (Å²) in [5, 5.41) is 8.07. The highest BCUT2D eigenvalue weighted by molar-refractivity contribution is 7.12. The summed E-state index contributed by atoms with van der Waals surface area (Å²) in [6.07, 6.45) is 3.96. The number of ether oxygens (including phenoxy) is 1. The fourth-order valence-electron chi connectivity index (χ4n) is 2.49. The SMILES string of the molecule is CCCn1ncc(OC)c1C(NCC)c1ccc(CC)s1. The van der Waals surface area contributed by atoms with Crippen LogP contribution in [0.4, 0.5) is 0 Å². The third-order valence-electron chi connectivity index (χ3n) is 3.50. The van der Waals surface area contributed by atoms with E-state index in [0.29, 0.717) is 0 Å². The molecule has 2 rings (SSSR count). The number of thiophene rings is 1. The molecule has 2 aromatic heterocycles. The van der Waals surface area contributed by atoms with E-state index >= 15 is 0 Å². The van der Waals surface area contributed by atoms with E-state index in [1.54, 1.807) is 7.11 Å². The summed E-state index contributed by atoms with van der Waals surface area (Å²) < 4.78 is 7.60. The first-order valence-corrected chi connectivity index (χ1v) is 8.48. The quantitative estimate of drug-likeness (QED) is 0.809. The van der Waals surface area contributed by atoms with Gasteiger partial charge >= 0.3 is 0 Å². The minimum atomic E-state index is 0.143. The Balaban J connectivity index is 2.43. The van der Waals surface area contributed by atoms with Crippen molar-refractivity contribution in [2.45, 2.75) is 46.2 Å². The fourth-order valence-corrected chi connectivity index (χ4v) is 3.52. The number of hydrogen-bond acceptors (Lipinski definition) is 4. The molecule has 1 unspecified atom stereocenters. The summed E-state index contributed by atoms with van der Waals surface area (Å²) in [6, 6.07) is 4.58. The first kappa shape index (κ1) is 16.0. The topological polar surface area (TPSA) is 39.1 Å². The van der Waals surface area contributed by atoms with E-state index in [-0.39, 0.29) is 6.04 Å². The van der Waals surface area contributed by atoms with Gasteiger partial charge in [-0.3, -0.25) is 4.68 Å². The van der Waals surface area contributed by atoms with Crippen molar-refractivity contribution in [3.8, 4) is 5.75 Å². The molecule has 1 N–H and O–H groups in total. The van der Waals surface area contributed by atoms with Crippen LogP contribution in [0.3, 0.4) is 0 Å². The van der Waals surface area contributed by atoms with Crippen LogP contribution in [-0.2, 0) is 13.0 Å². The van der Waals surface area contributed by atoms with Gasteiger partial charge in [0.05, 0.1) is 19.3 Å². The number of aryl methyl sites for hydroxylation is 2. The van der Waals surface area contributed by atoms with Gasteiger partial charge in [0.1, 0.15) is 5.69 Å². The molecule has 5 heteroatoms. The molecule has 0 aliphatic rings. The summed E-state index contributed by atoms with van der Waals surface area (Å²) in [7, 11) is 1.71. The van der Waals surface area contributed by atoms with Gasteiger partial charge in [0, 0.05) is 16.3 Å². The van der Waals surface area contributed by atoms with Gasteiger partial charge in [-0.25, -0.2) is 0 Å². The summed E-state index contributed by atoms with van der Waals surface area (Å²) in [5.41, 5.74) is 1.13. The number of rotatable bonds is 8. The predicted octanol–water partition coefficient (Wildman–Crippen LogP) is 3.62. The van der Waals surface area contributed by atoms with Crippen molar-refractivity contribution >= 4 is 11.3 Å². The highest BCUT2D eigenvalue weighted by atomic mass is 32.1. The number of nitrogens with zero attached hydrogens (tertiary/aromatic N) is 2. The Kier molecular flexibility index (Phi) is 5.82. The molecule has 0 fully saturated rings. The standard InChI is InChI=1S/C16H25N3OS/c1-5-10-19-16(13(20-4)11-18-19)15(17-7-3)14-9-8-12(6-2)21-14/h8-9,11,15,17H,5-7,10H2,1-4H3. The van der Waals surface area contributed by atoms with Crippen molar-refractivity contribution < 1.29 is 4.74 Å². The summed E-state index contributed by atoms with van der Waals surface area (Å²) in [5.74, 6) is 0.862. The summed E-state index contributed by atoms with van der Waals surface area (Å²) in [4.78, 5) is 2.73. The molecule has 0 aliphatic carbocycles. The molecule has 1 atom stereocenters. The lowest BCUT2D eigenvalue weighted by atomic mass is 10.1. The average Bonchev–Trinajstić information content (AvgIpc) is 3.12. The normalized spacial score (nSPS) is 12.6. The molecule has 2 aromatic rings. The van der Waals surface area contributed by atoms with Gasteiger partial charge in [0.15, 0.2) is 5.75 Å². The van der Waals surface area contributed by atoms with E-state index in [4.69, 9.17) is 4.74 Å². The van der Waals surface area contributed by atoms with Gasteiger partial charge in [-0.15, -0.1) is 11.3 Å². The monoisotopic (exact) mass is 307 g/mol. The van der Waals surface area contributed by atoms with Gasteiger partial charge in [0.25, 0.3) is 0 Å². The minimum Gasteiger partial charge on any atom is -0.493 e. The second kappa shape index (κ2) is 7.61. The maximum Gasteiger partial charge on any atom is 0.161 e. The minimum absolute atomic E-state index is 0.143. The Morgan fingerprint density at radius 2 is 2.14 bits per heavy atom. The van der Waals surface area contributed by atoms with E-state index in [2.05, 4.69) is 48.0 Å². The third kappa shape index (κ3) is 3.47. The van der Waals surface area contributed by atoms with Crippen molar-refractivity contribution in [1.29, 1.82) is 0 Å². The zero-order valence-electron chi connectivity index (χ0n) is 13.3. The number of methoxy groups -OCH3 is 1. The smallest absolute Gasteiger partial charge is 0.161 e. The molecule has 2 heterocycles. The molecule has 116 valence electrons. The lowest BCUT2D eigenvalue weighted by Crippen LogP contribution is -2.24. The van der Waals surface area contributed by atoms with Crippen molar-refractivity contribution in [1.82, 2.24) is 15.1 Å². The molecule has 0 saturated carbocycles. The second-order valence-electron chi connectivity index (χ2n) is 4.97. The highest BCUT2D eigenvalue weighted by Gasteiger charge is 2.24. The van der Waals surface area contributed by atoms with E-state index in [0.717, 1.165) is 37.4 Å². The lowest BCUT2D eigenvalue weighted by Gasteiger charge is -2.19. The van der Waals surface area contributed by atoms with E-state index in [9.17, 15) is 0 Å². The Hall–Kier alpha value is -1.33. The van der Waals surface area contributed by atoms with Crippen LogP contribution in [0.5, 0.6) is 5.75 Å². The van der Waals surface area contributed by atoms with Crippen LogP contribution >= 0.6 is 11.3 Å². The van der Waals surface area contributed by atoms with Crippen LogP contribution in [0.25, 0.3) is 0 Å². The first-order valence-electron chi connectivity index (χ1n) is 7.66. The zero-order valence-corrected chi connectivity index (χ0v) is 14.2. The molecule has 0 bridgehead atoms. The van der Waals surface area contributed by atoms with Gasteiger partial charge < -0.3 is 10.1 Å². The van der Waals surface area contributed by atoms with Gasteiger partial charge in [0.2, 0.25) is 0 Å². The second-order valence-corrected chi connectivity index (χ2v) is 6.17. The molecule has 0 amide bonds. The van der Waals surface area contributed by atoms with Gasteiger partial charge in [-0.05, 0) is 31.5 Å². The highest BCUT2D eigenvalue weighted by Crippen LogP contribution is 2.34. The van der Waals surface area contributed by atoms with Crippen LogP contribution < -0.4 is 10.1 Å². The number of aromatic nitrogens is 2. The van der Waals surface area contributed by atoms with Crippen molar-refractivity contribution in [3.05, 3.63) is 33.8 Å². The maximum atomic E-state index is 5.54. The molecule has 0 radical (unpaired) electrons. The van der Waals surface area contributed by atoms with Crippen molar-refractivity contribution in [3.63, 3.8) is 0 Å². The van der Waals surface area contributed by atoms with E-state index in [1.165, 1.54) is 9.75 Å².